The first-order valence-corrected chi connectivity index (χ1v) is 4.93. The summed E-state index contributed by atoms with van der Waals surface area (Å²) in [7, 11) is 0. The van der Waals surface area contributed by atoms with Crippen molar-refractivity contribution in [1.82, 2.24) is 0 Å². The lowest BCUT2D eigenvalue weighted by Crippen LogP contribution is -1.77. The molecule has 0 nitrogen and oxygen atoms in total. The topological polar surface area (TPSA) is 0 Å². The molecule has 14 heavy (non-hydrogen) atoms. The van der Waals surface area contributed by atoms with Gasteiger partial charge in [-0.25, -0.2) is 0 Å². The Balaban J connectivity index is 2.61. The van der Waals surface area contributed by atoms with Gasteiger partial charge in [0.15, 0.2) is 0 Å². The van der Waals surface area contributed by atoms with E-state index in [1.165, 1.54) is 21.9 Å². The van der Waals surface area contributed by atoms with E-state index in [1.807, 2.05) is 6.92 Å². The van der Waals surface area contributed by atoms with Crippen molar-refractivity contribution in [1.29, 1.82) is 0 Å². The molecule has 0 fully saturated rings. The third kappa shape index (κ3) is 1.69. The molecule has 0 unspecified atom stereocenters. The maximum atomic E-state index is 2.22. The van der Waals surface area contributed by atoms with Gasteiger partial charge in [0.05, 0.1) is 0 Å². The second kappa shape index (κ2) is 3.67. The van der Waals surface area contributed by atoms with E-state index < -0.39 is 0 Å². The van der Waals surface area contributed by atoms with E-state index in [0.717, 1.165) is 0 Å². The zero-order valence-electron chi connectivity index (χ0n) is 8.62. The highest BCUT2D eigenvalue weighted by Gasteiger charge is 1.94. The Morgan fingerprint density at radius 3 is 2.43 bits per heavy atom. The van der Waals surface area contributed by atoms with Crippen molar-refractivity contribution in [2.24, 2.45) is 0 Å². The highest BCUT2D eigenvalue weighted by Crippen LogP contribution is 2.18. The fourth-order valence-corrected chi connectivity index (χ4v) is 1.68. The molecule has 0 bridgehead atoms. The summed E-state index contributed by atoms with van der Waals surface area (Å²) in [5.41, 5.74) is 2.58. The average Bonchev–Trinajstić information content (AvgIpc) is 2.19. The van der Waals surface area contributed by atoms with Crippen LogP contribution >= 0.6 is 0 Å². The molecule has 0 aliphatic rings. The summed E-state index contributed by atoms with van der Waals surface area (Å²) in [4.78, 5) is 0. The molecule has 0 saturated heterocycles. The second-order valence-electron chi connectivity index (χ2n) is 3.61. The van der Waals surface area contributed by atoms with E-state index in [1.54, 1.807) is 0 Å². The first-order valence-electron chi connectivity index (χ1n) is 4.93. The predicted octanol–water partition coefficient (Wildman–Crippen LogP) is 4.18. The zero-order valence-corrected chi connectivity index (χ0v) is 8.62. The first-order chi connectivity index (χ1) is 6.79. The summed E-state index contributed by atoms with van der Waals surface area (Å²) in [5.74, 6) is 0. The summed E-state index contributed by atoms with van der Waals surface area (Å²) in [6, 6.07) is 13.1. The number of allylic oxidation sites excluding steroid dienone is 1. The molecule has 0 atom stereocenters. The molecule has 0 heteroatoms. The number of rotatable bonds is 1. The molecular weight excluding hydrogens is 168 g/mol. The van der Waals surface area contributed by atoms with Crippen LogP contribution < -0.4 is 0 Å². The van der Waals surface area contributed by atoms with E-state index >= 15 is 0 Å². The summed E-state index contributed by atoms with van der Waals surface area (Å²) in [6.07, 6.45) is 4.19. The van der Waals surface area contributed by atoms with Crippen LogP contribution in [-0.4, -0.2) is 0 Å². The van der Waals surface area contributed by atoms with Crippen LogP contribution in [0.1, 0.15) is 18.1 Å². The maximum absolute atomic E-state index is 2.22. The minimum atomic E-state index is 1.27. The number of hydrogen-bond acceptors (Lipinski definition) is 0. The standard InChI is InChI=1S/C14H14/c1-3-4-12-6-8-13-9-11(2)5-7-14(13)10-12/h3-10H,1-2H3. The van der Waals surface area contributed by atoms with Crippen LogP contribution in [0.2, 0.25) is 0 Å². The Kier molecular flexibility index (Phi) is 2.36. The SMILES string of the molecule is CC=Cc1ccc2cc(C)ccc2c1. The zero-order chi connectivity index (χ0) is 9.97. The molecule has 0 radical (unpaired) electrons. The predicted molar refractivity (Wildman–Crippen MR) is 63.4 cm³/mol. The lowest BCUT2D eigenvalue weighted by atomic mass is 10.0. The molecule has 0 aliphatic heterocycles. The Labute approximate surface area is 84.9 Å². The van der Waals surface area contributed by atoms with Crippen molar-refractivity contribution >= 4 is 16.8 Å². The van der Waals surface area contributed by atoms with Gasteiger partial charge in [-0.15, -0.1) is 0 Å². The maximum Gasteiger partial charge on any atom is -0.0178 e. The number of benzene rings is 2. The van der Waals surface area contributed by atoms with Gasteiger partial charge in [-0.05, 0) is 36.2 Å². The molecule has 0 heterocycles. The van der Waals surface area contributed by atoms with Gasteiger partial charge in [0.1, 0.15) is 0 Å². The quantitative estimate of drug-likeness (QED) is 0.620. The third-order valence-electron chi connectivity index (χ3n) is 2.38. The van der Waals surface area contributed by atoms with Gasteiger partial charge in [-0.3, -0.25) is 0 Å². The minimum Gasteiger partial charge on any atom is -0.0871 e. The van der Waals surface area contributed by atoms with Crippen LogP contribution in [0.4, 0.5) is 0 Å². The molecular formula is C14H14. The minimum absolute atomic E-state index is 1.27. The van der Waals surface area contributed by atoms with E-state index in [2.05, 4.69) is 55.5 Å². The molecule has 0 aliphatic carbocycles. The van der Waals surface area contributed by atoms with Gasteiger partial charge in [0.2, 0.25) is 0 Å². The van der Waals surface area contributed by atoms with Crippen molar-refractivity contribution in [3.8, 4) is 0 Å². The average molecular weight is 182 g/mol. The molecule has 70 valence electrons. The van der Waals surface area contributed by atoms with Crippen LogP contribution in [0.5, 0.6) is 0 Å². The molecule has 2 aromatic carbocycles. The highest BCUT2D eigenvalue weighted by molar-refractivity contribution is 5.85. The van der Waals surface area contributed by atoms with Gasteiger partial charge in [0, 0.05) is 0 Å². The summed E-state index contributed by atoms with van der Waals surface area (Å²) in [6.45, 7) is 4.17. The van der Waals surface area contributed by atoms with Crippen molar-refractivity contribution in [3.63, 3.8) is 0 Å². The number of hydrogen-bond donors (Lipinski definition) is 0. The largest absolute Gasteiger partial charge is 0.0871 e. The van der Waals surface area contributed by atoms with E-state index in [4.69, 9.17) is 0 Å². The highest BCUT2D eigenvalue weighted by atomic mass is 14.0. The molecule has 2 aromatic rings. The van der Waals surface area contributed by atoms with Crippen LogP contribution in [-0.2, 0) is 0 Å². The van der Waals surface area contributed by atoms with Crippen LogP contribution in [0, 0.1) is 6.92 Å². The molecule has 0 aromatic heterocycles. The summed E-state index contributed by atoms with van der Waals surface area (Å²) >= 11 is 0. The van der Waals surface area contributed by atoms with E-state index in [9.17, 15) is 0 Å². The smallest absolute Gasteiger partial charge is 0.0178 e. The van der Waals surface area contributed by atoms with Crippen LogP contribution in [0.15, 0.2) is 42.5 Å². The molecule has 0 N–H and O–H groups in total. The number of fused-ring (bicyclic) bond motifs is 1. The van der Waals surface area contributed by atoms with Gasteiger partial charge < -0.3 is 0 Å². The Bertz CT molecular complexity index is 478. The lowest BCUT2D eigenvalue weighted by molar-refractivity contribution is 1.50. The molecule has 0 spiro atoms. The fraction of sp³-hybridized carbons (Fsp3) is 0.143. The van der Waals surface area contributed by atoms with Crippen molar-refractivity contribution < 1.29 is 0 Å². The monoisotopic (exact) mass is 182 g/mol. The Morgan fingerprint density at radius 1 is 0.929 bits per heavy atom. The van der Waals surface area contributed by atoms with Gasteiger partial charge >= 0.3 is 0 Å². The molecule has 2 rings (SSSR count). The van der Waals surface area contributed by atoms with E-state index in [-0.39, 0.29) is 0 Å². The van der Waals surface area contributed by atoms with Crippen molar-refractivity contribution in [3.05, 3.63) is 53.6 Å². The van der Waals surface area contributed by atoms with Gasteiger partial charge in [-0.2, -0.15) is 0 Å². The molecule has 0 amide bonds. The Morgan fingerprint density at radius 2 is 1.64 bits per heavy atom. The lowest BCUT2D eigenvalue weighted by Gasteiger charge is -2.00. The summed E-state index contributed by atoms with van der Waals surface area (Å²) in [5, 5.41) is 2.63. The number of aryl methyl sites for hydroxylation is 1. The Hall–Kier alpha value is -1.56. The normalized spacial score (nSPS) is 11.3. The second-order valence-corrected chi connectivity index (χ2v) is 3.61. The molecule has 0 saturated carbocycles. The van der Waals surface area contributed by atoms with Crippen LogP contribution in [0.25, 0.3) is 16.8 Å². The van der Waals surface area contributed by atoms with Crippen LogP contribution in [0.3, 0.4) is 0 Å². The van der Waals surface area contributed by atoms with Crippen molar-refractivity contribution in [2.75, 3.05) is 0 Å². The van der Waals surface area contributed by atoms with Gasteiger partial charge in [0.25, 0.3) is 0 Å². The first kappa shape index (κ1) is 9.01. The van der Waals surface area contributed by atoms with E-state index in [0.29, 0.717) is 0 Å². The fourth-order valence-electron chi connectivity index (χ4n) is 1.68. The van der Waals surface area contributed by atoms with Crippen molar-refractivity contribution in [2.45, 2.75) is 13.8 Å². The summed E-state index contributed by atoms with van der Waals surface area (Å²) < 4.78 is 0. The van der Waals surface area contributed by atoms with Gasteiger partial charge in [-0.1, -0.05) is 48.0 Å². The third-order valence-corrected chi connectivity index (χ3v) is 2.38.